The van der Waals surface area contributed by atoms with Crippen LogP contribution in [-0.4, -0.2) is 56.1 Å². The Bertz CT molecular complexity index is 604. The summed E-state index contributed by atoms with van der Waals surface area (Å²) >= 11 is 0. The van der Waals surface area contributed by atoms with Crippen molar-refractivity contribution < 1.29 is 17.2 Å². The van der Waals surface area contributed by atoms with Gasteiger partial charge in [0.1, 0.15) is 5.82 Å². The highest BCUT2D eigenvalue weighted by atomic mass is 32.2. The minimum Gasteiger partial charge on any atom is -0.354 e. The number of sulfonamides is 1. The smallest absolute Gasteiger partial charge is 0.241 e. The summed E-state index contributed by atoms with van der Waals surface area (Å²) < 4.78 is 51.0. The maximum Gasteiger partial charge on any atom is 0.241 e. The van der Waals surface area contributed by atoms with E-state index in [2.05, 4.69) is 4.98 Å². The molecule has 0 spiro atoms. The normalized spacial score (nSPS) is 26.4. The summed E-state index contributed by atoms with van der Waals surface area (Å²) in [6, 6.07) is 5.61. The van der Waals surface area contributed by atoms with Gasteiger partial charge in [0.05, 0.1) is 5.75 Å². The van der Waals surface area contributed by atoms with Crippen LogP contribution >= 0.6 is 0 Å². The summed E-state index contributed by atoms with van der Waals surface area (Å²) in [4.78, 5) is 6.28. The van der Waals surface area contributed by atoms with E-state index in [4.69, 9.17) is 0 Å². The SMILES string of the molecule is O=S(=O)(C[C@@H]1C[C@H]1C(F)F)N1CCN(c2ccccn2)CC1. The second kappa shape index (κ2) is 6.08. The van der Waals surface area contributed by atoms with Crippen molar-refractivity contribution >= 4 is 15.8 Å². The number of alkyl halides is 2. The van der Waals surface area contributed by atoms with E-state index in [1.165, 1.54) is 4.31 Å². The number of rotatable bonds is 5. The van der Waals surface area contributed by atoms with Gasteiger partial charge < -0.3 is 4.90 Å². The van der Waals surface area contributed by atoms with Crippen LogP contribution in [0.15, 0.2) is 24.4 Å². The van der Waals surface area contributed by atoms with Gasteiger partial charge >= 0.3 is 0 Å². The Labute approximate surface area is 129 Å². The molecule has 0 unspecified atom stereocenters. The molecular weight excluding hydrogens is 312 g/mol. The Hall–Kier alpha value is -1.28. The van der Waals surface area contributed by atoms with E-state index in [9.17, 15) is 17.2 Å². The van der Waals surface area contributed by atoms with Crippen molar-refractivity contribution in [3.8, 4) is 0 Å². The van der Waals surface area contributed by atoms with Crippen LogP contribution in [0.3, 0.4) is 0 Å². The van der Waals surface area contributed by atoms with Gasteiger partial charge in [0, 0.05) is 38.3 Å². The van der Waals surface area contributed by atoms with Gasteiger partial charge in [0.25, 0.3) is 0 Å². The minimum atomic E-state index is -3.44. The number of hydrogen-bond acceptors (Lipinski definition) is 4. The summed E-state index contributed by atoms with van der Waals surface area (Å²) in [6.07, 6.45) is -0.373. The molecule has 0 aromatic carbocycles. The molecule has 1 aromatic heterocycles. The summed E-state index contributed by atoms with van der Waals surface area (Å²) in [5.41, 5.74) is 0. The van der Waals surface area contributed by atoms with Gasteiger partial charge in [-0.15, -0.1) is 0 Å². The number of nitrogens with zero attached hydrogens (tertiary/aromatic N) is 3. The van der Waals surface area contributed by atoms with Crippen molar-refractivity contribution in [3.05, 3.63) is 24.4 Å². The zero-order chi connectivity index (χ0) is 15.7. The fourth-order valence-electron chi connectivity index (χ4n) is 2.88. The first-order valence-corrected chi connectivity index (χ1v) is 9.00. The van der Waals surface area contributed by atoms with Gasteiger partial charge in [-0.1, -0.05) is 6.07 Å². The second-order valence-electron chi connectivity index (χ2n) is 5.85. The third kappa shape index (κ3) is 3.38. The van der Waals surface area contributed by atoms with Crippen LogP contribution in [0.4, 0.5) is 14.6 Å². The molecule has 2 fully saturated rings. The Morgan fingerprint density at radius 1 is 1.23 bits per heavy atom. The van der Waals surface area contributed by atoms with E-state index in [1.54, 1.807) is 6.20 Å². The predicted molar refractivity (Wildman–Crippen MR) is 79.4 cm³/mol. The first-order chi connectivity index (χ1) is 10.5. The van der Waals surface area contributed by atoms with Crippen LogP contribution < -0.4 is 4.90 Å². The van der Waals surface area contributed by atoms with E-state index in [0.717, 1.165) is 5.82 Å². The number of halogens is 2. The Kier molecular flexibility index (Phi) is 4.31. The molecule has 1 aliphatic carbocycles. The van der Waals surface area contributed by atoms with Gasteiger partial charge in [-0.25, -0.2) is 22.2 Å². The van der Waals surface area contributed by atoms with E-state index in [0.29, 0.717) is 32.6 Å². The Morgan fingerprint density at radius 3 is 2.50 bits per heavy atom. The number of anilines is 1. The molecule has 8 heteroatoms. The van der Waals surface area contributed by atoms with Crippen LogP contribution in [-0.2, 0) is 10.0 Å². The number of pyridine rings is 1. The molecule has 0 bridgehead atoms. The van der Waals surface area contributed by atoms with Crippen LogP contribution in [0.25, 0.3) is 0 Å². The number of aromatic nitrogens is 1. The molecule has 0 amide bonds. The van der Waals surface area contributed by atoms with Gasteiger partial charge in [0.2, 0.25) is 16.4 Å². The second-order valence-corrected chi connectivity index (χ2v) is 7.86. The molecule has 1 aromatic rings. The van der Waals surface area contributed by atoms with Crippen LogP contribution in [0.5, 0.6) is 0 Å². The average molecular weight is 331 g/mol. The highest BCUT2D eigenvalue weighted by Crippen LogP contribution is 2.44. The molecule has 5 nitrogen and oxygen atoms in total. The average Bonchev–Trinajstić information content (AvgIpc) is 3.27. The Morgan fingerprint density at radius 2 is 1.95 bits per heavy atom. The van der Waals surface area contributed by atoms with Crippen LogP contribution in [0.2, 0.25) is 0 Å². The predicted octanol–water partition coefficient (Wildman–Crippen LogP) is 1.43. The molecular formula is C14H19F2N3O2S. The molecule has 2 heterocycles. The maximum atomic E-state index is 12.5. The van der Waals surface area contributed by atoms with Crippen molar-refractivity contribution in [3.63, 3.8) is 0 Å². The van der Waals surface area contributed by atoms with Crippen LogP contribution in [0.1, 0.15) is 6.42 Å². The Balaban J connectivity index is 1.55. The summed E-state index contributed by atoms with van der Waals surface area (Å²) in [6.45, 7) is 1.90. The van der Waals surface area contributed by atoms with E-state index < -0.39 is 22.4 Å². The lowest BCUT2D eigenvalue weighted by atomic mass is 10.3. The molecule has 2 atom stereocenters. The van der Waals surface area contributed by atoms with Crippen molar-refractivity contribution in [2.75, 3.05) is 36.8 Å². The molecule has 0 N–H and O–H groups in total. The first-order valence-electron chi connectivity index (χ1n) is 7.39. The van der Waals surface area contributed by atoms with Crippen molar-refractivity contribution in [1.29, 1.82) is 0 Å². The van der Waals surface area contributed by atoms with Crippen molar-refractivity contribution in [2.24, 2.45) is 11.8 Å². The molecule has 122 valence electrons. The van der Waals surface area contributed by atoms with E-state index >= 15 is 0 Å². The molecule has 22 heavy (non-hydrogen) atoms. The summed E-state index contributed by atoms with van der Waals surface area (Å²) in [7, 11) is -3.44. The van der Waals surface area contributed by atoms with E-state index in [1.807, 2.05) is 23.1 Å². The lowest BCUT2D eigenvalue weighted by Crippen LogP contribution is -2.49. The monoisotopic (exact) mass is 331 g/mol. The largest absolute Gasteiger partial charge is 0.354 e. The molecule has 1 saturated carbocycles. The third-order valence-electron chi connectivity index (χ3n) is 4.33. The minimum absolute atomic E-state index is 0.147. The van der Waals surface area contributed by atoms with E-state index in [-0.39, 0.29) is 11.7 Å². The molecule has 2 aliphatic rings. The van der Waals surface area contributed by atoms with Crippen molar-refractivity contribution in [1.82, 2.24) is 9.29 Å². The quantitative estimate of drug-likeness (QED) is 0.819. The zero-order valence-electron chi connectivity index (χ0n) is 12.1. The third-order valence-corrected chi connectivity index (χ3v) is 6.33. The maximum absolute atomic E-state index is 12.5. The standard InChI is InChI=1S/C14H19F2N3O2S/c15-14(16)12-9-11(12)10-22(20,21)19-7-5-18(6-8-19)13-3-1-2-4-17-13/h1-4,11-12,14H,5-10H2/t11-,12+/m0/s1. The summed E-state index contributed by atoms with van der Waals surface area (Å²) in [5, 5.41) is 0. The molecule has 3 rings (SSSR count). The molecule has 1 aliphatic heterocycles. The highest BCUT2D eigenvalue weighted by molar-refractivity contribution is 7.89. The lowest BCUT2D eigenvalue weighted by molar-refractivity contribution is 0.117. The van der Waals surface area contributed by atoms with Gasteiger partial charge in [-0.05, 0) is 24.5 Å². The van der Waals surface area contributed by atoms with Gasteiger partial charge in [-0.3, -0.25) is 0 Å². The number of hydrogen-bond donors (Lipinski definition) is 0. The fourth-order valence-corrected chi connectivity index (χ4v) is 4.74. The highest BCUT2D eigenvalue weighted by Gasteiger charge is 2.47. The van der Waals surface area contributed by atoms with Gasteiger partial charge in [0.15, 0.2) is 0 Å². The topological polar surface area (TPSA) is 53.5 Å². The van der Waals surface area contributed by atoms with Crippen molar-refractivity contribution in [2.45, 2.75) is 12.8 Å². The van der Waals surface area contributed by atoms with Gasteiger partial charge in [-0.2, -0.15) is 4.31 Å². The fraction of sp³-hybridized carbons (Fsp3) is 0.643. The molecule has 1 saturated heterocycles. The summed E-state index contributed by atoms with van der Waals surface area (Å²) in [5.74, 6) is -0.422. The molecule has 0 radical (unpaired) electrons. The lowest BCUT2D eigenvalue weighted by Gasteiger charge is -2.34. The number of piperazine rings is 1. The van der Waals surface area contributed by atoms with Crippen LogP contribution in [0, 0.1) is 11.8 Å². The first kappa shape index (κ1) is 15.6. The zero-order valence-corrected chi connectivity index (χ0v) is 12.9.